The largest absolute Gasteiger partial charge is 0.489 e. The average Bonchev–Trinajstić information content (AvgIpc) is 3.03. The van der Waals surface area contributed by atoms with E-state index in [1.54, 1.807) is 19.2 Å². The molecule has 176 valence electrons. The third kappa shape index (κ3) is 4.30. The molecule has 2 aromatic rings. The lowest BCUT2D eigenvalue weighted by atomic mass is 9.84. The average molecular weight is 461 g/mol. The number of fused-ring (bicyclic) bond motifs is 2. The van der Waals surface area contributed by atoms with Crippen molar-refractivity contribution in [3.8, 4) is 16.9 Å². The smallest absolute Gasteiger partial charge is 0.221 e. The van der Waals surface area contributed by atoms with Crippen molar-refractivity contribution in [3.05, 3.63) is 65.0 Å². The van der Waals surface area contributed by atoms with Gasteiger partial charge in [-0.25, -0.2) is 28.1 Å². The van der Waals surface area contributed by atoms with Crippen LogP contribution in [0.25, 0.3) is 11.1 Å². The van der Waals surface area contributed by atoms with Crippen LogP contribution in [0.2, 0.25) is 0 Å². The van der Waals surface area contributed by atoms with Gasteiger partial charge in [-0.1, -0.05) is 17.7 Å². The molecule has 6 nitrogen and oxygen atoms in total. The molecule has 1 spiro atoms. The van der Waals surface area contributed by atoms with Crippen molar-refractivity contribution >= 4 is 5.96 Å². The van der Waals surface area contributed by atoms with Crippen molar-refractivity contribution < 1.29 is 27.9 Å². The minimum Gasteiger partial charge on any atom is -0.489 e. The van der Waals surface area contributed by atoms with Crippen LogP contribution in [0.15, 0.2) is 47.0 Å². The monoisotopic (exact) mass is 461 g/mol. The van der Waals surface area contributed by atoms with Gasteiger partial charge in [0, 0.05) is 37.6 Å². The first kappa shape index (κ1) is 23.1. The molecular weight excluding hydrogens is 435 g/mol. The number of allylic oxidation sites excluding steroid dienone is 1. The number of aliphatic hydroxyl groups is 1. The maximum Gasteiger partial charge on any atom is 0.221 e. The van der Waals surface area contributed by atoms with E-state index >= 15 is 0 Å². The summed E-state index contributed by atoms with van der Waals surface area (Å²) in [6.45, 7) is 3.90. The third-order valence-electron chi connectivity index (χ3n) is 5.85. The standard InChI is InChI=1S/C24H26F3N3O3/c1-13(2)8-15(6-7-31)21-12-24(29-23(28)30(3)33-24)18-9-14(4-5-20(18)32-21)17-10-16(25)11-19(26)22(17)27/h4-5,8-11,15,21,31H,6-7,12H2,1-3H3,(H2,28,29)/t15?,21-,24-/m0/s1. The molecule has 4 rings (SSSR count). The summed E-state index contributed by atoms with van der Waals surface area (Å²) >= 11 is 0. The van der Waals surface area contributed by atoms with Crippen molar-refractivity contribution in [1.29, 1.82) is 0 Å². The lowest BCUT2D eigenvalue weighted by molar-refractivity contribution is -0.193. The Balaban J connectivity index is 1.84. The minimum absolute atomic E-state index is 0.0241. The van der Waals surface area contributed by atoms with Gasteiger partial charge in [0.1, 0.15) is 17.7 Å². The van der Waals surface area contributed by atoms with Gasteiger partial charge < -0.3 is 15.6 Å². The predicted octanol–water partition coefficient (Wildman–Crippen LogP) is 4.23. The second-order valence-corrected chi connectivity index (χ2v) is 8.58. The van der Waals surface area contributed by atoms with E-state index in [-0.39, 0.29) is 36.0 Å². The summed E-state index contributed by atoms with van der Waals surface area (Å²) in [5.41, 5.74) is 6.31. The molecule has 2 heterocycles. The molecule has 2 aliphatic rings. The Morgan fingerprint density at radius 2 is 2.06 bits per heavy atom. The summed E-state index contributed by atoms with van der Waals surface area (Å²) in [6, 6.07) is 6.12. The summed E-state index contributed by atoms with van der Waals surface area (Å²) in [6.07, 6.45) is 2.38. The molecule has 2 aliphatic heterocycles. The summed E-state index contributed by atoms with van der Waals surface area (Å²) in [5.74, 6) is -2.86. The molecule has 0 aliphatic carbocycles. The van der Waals surface area contributed by atoms with Gasteiger partial charge in [-0.05, 0) is 44.0 Å². The van der Waals surface area contributed by atoms with E-state index in [9.17, 15) is 18.3 Å². The fourth-order valence-corrected chi connectivity index (χ4v) is 4.39. The zero-order valence-electron chi connectivity index (χ0n) is 18.6. The molecule has 3 atom stereocenters. The highest BCUT2D eigenvalue weighted by Crippen LogP contribution is 2.49. The molecular formula is C24H26F3N3O3. The first-order valence-corrected chi connectivity index (χ1v) is 10.6. The van der Waals surface area contributed by atoms with Gasteiger partial charge in [0.05, 0.1) is 5.56 Å². The molecule has 1 unspecified atom stereocenters. The summed E-state index contributed by atoms with van der Waals surface area (Å²) < 4.78 is 48.4. The fraction of sp³-hybridized carbons (Fsp3) is 0.375. The molecule has 0 bridgehead atoms. The van der Waals surface area contributed by atoms with Gasteiger partial charge in [-0.15, -0.1) is 0 Å². The van der Waals surface area contributed by atoms with Gasteiger partial charge in [0.2, 0.25) is 11.7 Å². The van der Waals surface area contributed by atoms with E-state index in [0.29, 0.717) is 23.8 Å². The van der Waals surface area contributed by atoms with Crippen LogP contribution in [-0.2, 0) is 10.6 Å². The Morgan fingerprint density at radius 3 is 2.70 bits per heavy atom. The van der Waals surface area contributed by atoms with Crippen LogP contribution in [0, 0.1) is 23.4 Å². The van der Waals surface area contributed by atoms with Gasteiger partial charge in [0.15, 0.2) is 11.6 Å². The van der Waals surface area contributed by atoms with Crippen molar-refractivity contribution in [2.75, 3.05) is 13.7 Å². The number of rotatable bonds is 5. The van der Waals surface area contributed by atoms with Crippen LogP contribution >= 0.6 is 0 Å². The van der Waals surface area contributed by atoms with Crippen LogP contribution < -0.4 is 10.5 Å². The molecule has 0 amide bonds. The number of guanidine groups is 1. The Labute approximate surface area is 190 Å². The van der Waals surface area contributed by atoms with Crippen LogP contribution in [0.1, 0.15) is 32.3 Å². The Hall–Kier alpha value is -3.04. The van der Waals surface area contributed by atoms with E-state index in [1.807, 2.05) is 19.9 Å². The zero-order chi connectivity index (χ0) is 23.9. The van der Waals surface area contributed by atoms with E-state index in [0.717, 1.165) is 11.6 Å². The number of halogens is 3. The zero-order valence-corrected chi connectivity index (χ0v) is 18.6. The number of aliphatic imine (C=N–C) groups is 1. The summed E-state index contributed by atoms with van der Waals surface area (Å²) in [7, 11) is 1.62. The number of benzene rings is 2. The Morgan fingerprint density at radius 1 is 1.30 bits per heavy atom. The van der Waals surface area contributed by atoms with Crippen LogP contribution in [0.3, 0.4) is 0 Å². The van der Waals surface area contributed by atoms with Crippen LogP contribution in [0.4, 0.5) is 13.2 Å². The van der Waals surface area contributed by atoms with E-state index in [4.69, 9.17) is 15.3 Å². The van der Waals surface area contributed by atoms with Crippen LogP contribution in [-0.4, -0.2) is 35.9 Å². The first-order chi connectivity index (χ1) is 15.6. The number of hydrogen-bond acceptors (Lipinski definition) is 6. The van der Waals surface area contributed by atoms with Gasteiger partial charge in [0.25, 0.3) is 0 Å². The van der Waals surface area contributed by atoms with E-state index < -0.39 is 29.3 Å². The molecule has 0 saturated heterocycles. The second-order valence-electron chi connectivity index (χ2n) is 8.58. The van der Waals surface area contributed by atoms with E-state index in [1.165, 1.54) is 11.1 Å². The number of hydroxylamine groups is 2. The molecule has 3 N–H and O–H groups in total. The third-order valence-corrected chi connectivity index (χ3v) is 5.85. The maximum absolute atomic E-state index is 14.5. The lowest BCUT2D eigenvalue weighted by Crippen LogP contribution is -2.42. The number of hydrogen-bond donors (Lipinski definition) is 2. The molecule has 33 heavy (non-hydrogen) atoms. The SMILES string of the molecule is CC(C)=CC(CCO)[C@@H]1C[C@@]2(N=C(N)N(C)O2)c2cc(-c3cc(F)cc(F)c3F)ccc2O1. The molecule has 0 saturated carbocycles. The molecule has 0 fully saturated rings. The highest BCUT2D eigenvalue weighted by atomic mass is 19.2. The highest BCUT2D eigenvalue weighted by molar-refractivity contribution is 5.79. The van der Waals surface area contributed by atoms with Crippen molar-refractivity contribution in [2.45, 2.75) is 38.5 Å². The normalized spacial score (nSPS) is 22.6. The number of aliphatic hydroxyl groups excluding tert-OH is 1. The quantitative estimate of drug-likeness (QED) is 0.515. The predicted molar refractivity (Wildman–Crippen MR) is 118 cm³/mol. The van der Waals surface area contributed by atoms with Crippen LogP contribution in [0.5, 0.6) is 5.75 Å². The minimum atomic E-state index is -1.28. The van der Waals surface area contributed by atoms with E-state index in [2.05, 4.69) is 4.99 Å². The fourth-order valence-electron chi connectivity index (χ4n) is 4.39. The summed E-state index contributed by atoms with van der Waals surface area (Å²) in [4.78, 5) is 10.6. The van der Waals surface area contributed by atoms with Gasteiger partial charge in [-0.3, -0.25) is 0 Å². The van der Waals surface area contributed by atoms with Gasteiger partial charge >= 0.3 is 0 Å². The Kier molecular flexibility index (Phi) is 6.11. The van der Waals surface area contributed by atoms with Crippen molar-refractivity contribution in [2.24, 2.45) is 16.6 Å². The molecule has 2 aromatic carbocycles. The Bertz CT molecular complexity index is 1130. The highest BCUT2D eigenvalue weighted by Gasteiger charge is 2.50. The summed E-state index contributed by atoms with van der Waals surface area (Å²) in [5, 5.41) is 10.9. The van der Waals surface area contributed by atoms with Crippen molar-refractivity contribution in [1.82, 2.24) is 5.06 Å². The molecule has 0 radical (unpaired) electrons. The first-order valence-electron chi connectivity index (χ1n) is 10.6. The number of nitrogens with zero attached hydrogens (tertiary/aromatic N) is 2. The van der Waals surface area contributed by atoms with Crippen molar-refractivity contribution in [3.63, 3.8) is 0 Å². The lowest BCUT2D eigenvalue weighted by Gasteiger charge is -2.39. The second kappa shape index (κ2) is 8.72. The molecule has 0 aromatic heterocycles. The number of ether oxygens (including phenoxy) is 1. The number of nitrogens with two attached hydrogens (primary N) is 1. The maximum atomic E-state index is 14.5. The topological polar surface area (TPSA) is 80.3 Å². The van der Waals surface area contributed by atoms with Gasteiger partial charge in [-0.2, -0.15) is 0 Å². The molecule has 9 heteroatoms.